The van der Waals surface area contributed by atoms with Crippen molar-refractivity contribution < 1.29 is 39.8 Å². The summed E-state index contributed by atoms with van der Waals surface area (Å²) in [6, 6.07) is 1.11. The first-order chi connectivity index (χ1) is 17.2. The van der Waals surface area contributed by atoms with E-state index in [1.165, 1.54) is 13.8 Å². The van der Waals surface area contributed by atoms with Crippen LogP contribution in [0.3, 0.4) is 0 Å². The van der Waals surface area contributed by atoms with Crippen LogP contribution in [-0.2, 0) is 12.8 Å². The predicted molar refractivity (Wildman–Crippen MR) is 139 cm³/mol. The zero-order valence-corrected chi connectivity index (χ0v) is 21.4. The molecule has 6 N–H and O–H groups in total. The van der Waals surface area contributed by atoms with E-state index in [1.807, 2.05) is 0 Å². The van der Waals surface area contributed by atoms with Gasteiger partial charge in [-0.1, -0.05) is 11.6 Å². The first-order valence-electron chi connectivity index (χ1n) is 11.9. The fraction of sp³-hybridized carbons (Fsp3) is 0.393. The highest BCUT2D eigenvalue weighted by Gasteiger charge is 2.34. The van der Waals surface area contributed by atoms with Crippen molar-refractivity contribution >= 4 is 28.0 Å². The SMILES string of the molecule is CC(=CCc1c(O)c(O)cc2oc3c(CC(O)C(C)(C)O)c4c(c(O)c3c(=O)c12)C=CC(C)(C)O4)CO. The van der Waals surface area contributed by atoms with Crippen molar-refractivity contribution in [2.24, 2.45) is 0 Å². The molecule has 2 heterocycles. The van der Waals surface area contributed by atoms with Crippen molar-refractivity contribution in [3.05, 3.63) is 50.7 Å². The maximum atomic E-state index is 13.9. The number of rotatable bonds is 6. The van der Waals surface area contributed by atoms with E-state index in [-0.39, 0.29) is 63.8 Å². The van der Waals surface area contributed by atoms with E-state index in [0.29, 0.717) is 5.57 Å². The van der Waals surface area contributed by atoms with Crippen LogP contribution in [0.25, 0.3) is 28.0 Å². The molecule has 4 rings (SSSR count). The summed E-state index contributed by atoms with van der Waals surface area (Å²) in [4.78, 5) is 13.9. The molecule has 0 saturated carbocycles. The van der Waals surface area contributed by atoms with Crippen LogP contribution < -0.4 is 10.2 Å². The third kappa shape index (κ3) is 4.66. The van der Waals surface area contributed by atoms with Crippen LogP contribution >= 0.6 is 0 Å². The highest BCUT2D eigenvalue weighted by atomic mass is 16.5. The topological polar surface area (TPSA) is 161 Å². The van der Waals surface area contributed by atoms with Gasteiger partial charge in [-0.05, 0) is 53.2 Å². The molecule has 0 spiro atoms. The van der Waals surface area contributed by atoms with Gasteiger partial charge in [-0.15, -0.1) is 0 Å². The van der Waals surface area contributed by atoms with Crippen molar-refractivity contribution in [3.8, 4) is 23.0 Å². The maximum Gasteiger partial charge on any atom is 0.204 e. The standard InChI is InChI=1S/C28H32O9/c1-13(12-29)6-7-14-20-18(11-17(30)22(14)32)36-26-16(10-19(31)28(4,5)35)25-15(8-9-27(2,3)37-25)23(33)21(26)24(20)34/h6,8-9,11,19,29-33,35H,7,10,12H2,1-5H3. The lowest BCUT2D eigenvalue weighted by Gasteiger charge is -2.32. The van der Waals surface area contributed by atoms with Gasteiger partial charge in [0.1, 0.15) is 33.7 Å². The van der Waals surface area contributed by atoms with Gasteiger partial charge in [0.15, 0.2) is 11.5 Å². The van der Waals surface area contributed by atoms with Gasteiger partial charge in [-0.2, -0.15) is 0 Å². The minimum Gasteiger partial charge on any atom is -0.506 e. The molecule has 0 amide bonds. The molecular weight excluding hydrogens is 480 g/mol. The van der Waals surface area contributed by atoms with E-state index in [4.69, 9.17) is 9.15 Å². The Labute approximate surface area is 213 Å². The van der Waals surface area contributed by atoms with Crippen molar-refractivity contribution in [1.82, 2.24) is 0 Å². The second-order valence-corrected chi connectivity index (χ2v) is 10.6. The lowest BCUT2D eigenvalue weighted by Crippen LogP contribution is -2.38. The highest BCUT2D eigenvalue weighted by Crippen LogP contribution is 2.46. The zero-order chi connectivity index (χ0) is 27.4. The number of hydrogen-bond donors (Lipinski definition) is 6. The van der Waals surface area contributed by atoms with E-state index in [2.05, 4.69) is 0 Å². The van der Waals surface area contributed by atoms with Crippen LogP contribution in [0.2, 0.25) is 0 Å². The van der Waals surface area contributed by atoms with Gasteiger partial charge in [-0.25, -0.2) is 0 Å². The summed E-state index contributed by atoms with van der Waals surface area (Å²) in [5.41, 5.74) is -1.91. The van der Waals surface area contributed by atoms with E-state index in [0.717, 1.165) is 6.07 Å². The number of ether oxygens (including phenoxy) is 1. The minimum absolute atomic E-state index is 0.00652. The van der Waals surface area contributed by atoms with Gasteiger partial charge in [-0.3, -0.25) is 4.79 Å². The summed E-state index contributed by atoms with van der Waals surface area (Å²) in [6.07, 6.45) is 3.51. The number of phenolic OH excluding ortho intramolecular Hbond substituents is 3. The Bertz CT molecular complexity index is 1520. The Hall–Kier alpha value is -3.53. The lowest BCUT2D eigenvalue weighted by molar-refractivity contribution is -0.0472. The molecular formula is C28H32O9. The molecule has 1 aliphatic heterocycles. The third-order valence-corrected chi connectivity index (χ3v) is 6.66. The summed E-state index contributed by atoms with van der Waals surface area (Å²) >= 11 is 0. The fourth-order valence-electron chi connectivity index (χ4n) is 4.36. The Morgan fingerprint density at radius 3 is 2.43 bits per heavy atom. The first-order valence-corrected chi connectivity index (χ1v) is 11.9. The second-order valence-electron chi connectivity index (χ2n) is 10.6. The molecule has 0 saturated heterocycles. The maximum absolute atomic E-state index is 13.9. The van der Waals surface area contributed by atoms with Crippen molar-refractivity contribution in [1.29, 1.82) is 0 Å². The average molecular weight is 513 g/mol. The molecule has 198 valence electrons. The Kier molecular flexibility index (Phi) is 6.52. The smallest absolute Gasteiger partial charge is 0.204 e. The van der Waals surface area contributed by atoms with Gasteiger partial charge in [0, 0.05) is 23.6 Å². The van der Waals surface area contributed by atoms with E-state index in [1.54, 1.807) is 39.0 Å². The number of phenols is 3. The molecule has 1 atom stereocenters. The predicted octanol–water partition coefficient (Wildman–Crippen LogP) is 3.40. The number of aliphatic hydroxyl groups is 3. The quantitative estimate of drug-likeness (QED) is 0.165. The summed E-state index contributed by atoms with van der Waals surface area (Å²) in [5, 5.41) is 62.5. The average Bonchev–Trinajstić information content (AvgIpc) is 2.80. The normalized spacial score (nSPS) is 16.2. The number of aromatic hydroxyl groups is 3. The molecule has 37 heavy (non-hydrogen) atoms. The Morgan fingerprint density at radius 2 is 1.81 bits per heavy atom. The third-order valence-electron chi connectivity index (χ3n) is 6.66. The fourth-order valence-corrected chi connectivity index (χ4v) is 4.36. The summed E-state index contributed by atoms with van der Waals surface area (Å²) < 4.78 is 12.2. The van der Waals surface area contributed by atoms with E-state index < -0.39 is 40.0 Å². The molecule has 0 bridgehead atoms. The Morgan fingerprint density at radius 1 is 1.14 bits per heavy atom. The molecule has 9 nitrogen and oxygen atoms in total. The molecule has 3 aromatic rings. The van der Waals surface area contributed by atoms with Gasteiger partial charge < -0.3 is 39.8 Å². The number of fused-ring (bicyclic) bond motifs is 3. The Balaban J connectivity index is 2.15. The minimum atomic E-state index is -1.50. The number of aliphatic hydroxyl groups excluding tert-OH is 2. The van der Waals surface area contributed by atoms with Gasteiger partial charge in [0.05, 0.1) is 29.3 Å². The number of hydrogen-bond acceptors (Lipinski definition) is 9. The van der Waals surface area contributed by atoms with Crippen LogP contribution in [0.15, 0.2) is 33.0 Å². The summed E-state index contributed by atoms with van der Waals surface area (Å²) in [6.45, 7) is 7.93. The van der Waals surface area contributed by atoms with Gasteiger partial charge >= 0.3 is 0 Å². The summed E-state index contributed by atoms with van der Waals surface area (Å²) in [7, 11) is 0. The molecule has 0 fully saturated rings. The summed E-state index contributed by atoms with van der Waals surface area (Å²) in [5.74, 6) is -1.22. The van der Waals surface area contributed by atoms with Gasteiger partial charge in [0.2, 0.25) is 5.43 Å². The number of allylic oxidation sites excluding steroid dienone is 1. The van der Waals surface area contributed by atoms with Crippen LogP contribution in [-0.4, -0.2) is 54.6 Å². The molecule has 0 aliphatic carbocycles. The van der Waals surface area contributed by atoms with Crippen molar-refractivity contribution in [3.63, 3.8) is 0 Å². The van der Waals surface area contributed by atoms with Crippen LogP contribution in [0.5, 0.6) is 23.0 Å². The largest absolute Gasteiger partial charge is 0.506 e. The molecule has 2 aromatic carbocycles. The molecule has 1 aliphatic rings. The first kappa shape index (κ1) is 26.5. The van der Waals surface area contributed by atoms with Crippen LogP contribution in [0.4, 0.5) is 0 Å². The zero-order valence-electron chi connectivity index (χ0n) is 21.4. The van der Waals surface area contributed by atoms with E-state index >= 15 is 0 Å². The van der Waals surface area contributed by atoms with Gasteiger partial charge in [0.25, 0.3) is 0 Å². The van der Waals surface area contributed by atoms with Crippen LogP contribution in [0, 0.1) is 0 Å². The molecule has 1 unspecified atom stereocenters. The monoisotopic (exact) mass is 512 g/mol. The van der Waals surface area contributed by atoms with Crippen molar-refractivity contribution in [2.75, 3.05) is 6.61 Å². The van der Waals surface area contributed by atoms with Crippen LogP contribution in [0.1, 0.15) is 51.3 Å². The second kappa shape index (κ2) is 9.09. The molecule has 1 aromatic heterocycles. The van der Waals surface area contributed by atoms with E-state index in [9.17, 15) is 35.4 Å². The number of benzene rings is 2. The molecule has 9 heteroatoms. The lowest BCUT2D eigenvalue weighted by atomic mass is 9.89. The molecule has 0 radical (unpaired) electrons. The van der Waals surface area contributed by atoms with Crippen molar-refractivity contribution in [2.45, 2.75) is 64.8 Å². The highest BCUT2D eigenvalue weighted by molar-refractivity contribution is 6.01.